The molecular weight excluding hydrogens is 459 g/mol. The van der Waals surface area contributed by atoms with Gasteiger partial charge in [0, 0.05) is 62.1 Å². The molecule has 0 aliphatic carbocycles. The second-order valence-electron chi connectivity index (χ2n) is 9.23. The third-order valence-corrected chi connectivity index (χ3v) is 7.09. The van der Waals surface area contributed by atoms with E-state index in [2.05, 4.69) is 45.9 Å². The minimum atomic E-state index is -0.549. The van der Waals surface area contributed by atoms with Crippen LogP contribution >= 0.6 is 0 Å². The number of anilines is 1. The molecular formula is C27H33FN6O2. The van der Waals surface area contributed by atoms with Crippen molar-refractivity contribution in [1.29, 1.82) is 0 Å². The molecule has 2 aromatic heterocycles. The van der Waals surface area contributed by atoms with Crippen LogP contribution in [0.4, 0.5) is 10.1 Å². The van der Waals surface area contributed by atoms with E-state index in [4.69, 9.17) is 14.5 Å². The highest BCUT2D eigenvalue weighted by molar-refractivity contribution is 5.89. The number of nitrogens with zero attached hydrogens (tertiary/aromatic N) is 6. The Hall–Kier alpha value is -3.30. The highest BCUT2D eigenvalue weighted by Crippen LogP contribution is 2.36. The number of benzene rings is 2. The van der Waals surface area contributed by atoms with Crippen molar-refractivity contribution in [1.82, 2.24) is 24.6 Å². The van der Waals surface area contributed by atoms with Gasteiger partial charge < -0.3 is 19.3 Å². The number of hydrogen-bond acceptors (Lipinski definition) is 7. The lowest BCUT2D eigenvalue weighted by molar-refractivity contribution is 0.0489. The molecule has 0 bridgehead atoms. The normalized spacial score (nSPS) is 14.9. The lowest BCUT2D eigenvalue weighted by Crippen LogP contribution is -2.44. The van der Waals surface area contributed by atoms with Crippen LogP contribution in [0.25, 0.3) is 33.2 Å². The summed E-state index contributed by atoms with van der Waals surface area (Å²) >= 11 is 0. The van der Waals surface area contributed by atoms with E-state index in [9.17, 15) is 0 Å². The Balaban J connectivity index is 1.44. The van der Waals surface area contributed by atoms with E-state index < -0.39 is 5.82 Å². The summed E-state index contributed by atoms with van der Waals surface area (Å²) in [5.41, 5.74) is 2.69. The molecule has 190 valence electrons. The number of hydrogen-bond donors (Lipinski definition) is 0. The summed E-state index contributed by atoms with van der Waals surface area (Å²) in [5, 5.41) is 5.82. The molecule has 0 spiro atoms. The molecule has 1 aliphatic rings. The van der Waals surface area contributed by atoms with Crippen LogP contribution in [0.5, 0.6) is 5.75 Å². The monoisotopic (exact) mass is 492 g/mol. The highest BCUT2D eigenvalue weighted by Gasteiger charge is 2.24. The largest absolute Gasteiger partial charge is 0.464 e. The third-order valence-electron chi connectivity index (χ3n) is 7.09. The lowest BCUT2D eigenvalue weighted by atomic mass is 10.0. The molecule has 0 unspecified atom stereocenters. The number of piperidine rings is 1. The molecule has 0 amide bonds. The van der Waals surface area contributed by atoms with Crippen LogP contribution in [0.15, 0.2) is 36.7 Å². The Morgan fingerprint density at radius 3 is 2.61 bits per heavy atom. The number of aromatic nitrogens is 4. The van der Waals surface area contributed by atoms with Gasteiger partial charge in [-0.15, -0.1) is 0 Å². The Kier molecular flexibility index (Phi) is 7.02. The number of aryl methyl sites for hydroxylation is 1. The summed E-state index contributed by atoms with van der Waals surface area (Å²) < 4.78 is 27.5. The molecule has 1 fully saturated rings. The van der Waals surface area contributed by atoms with E-state index in [-0.39, 0.29) is 18.1 Å². The molecule has 0 atom stereocenters. The van der Waals surface area contributed by atoms with Crippen molar-refractivity contribution >= 4 is 27.5 Å². The zero-order chi connectivity index (χ0) is 25.2. The van der Waals surface area contributed by atoms with Crippen LogP contribution in [0.2, 0.25) is 0 Å². The maximum atomic E-state index is 15.3. The summed E-state index contributed by atoms with van der Waals surface area (Å²) in [5.74, 6) is -0.117. The van der Waals surface area contributed by atoms with Gasteiger partial charge >= 0.3 is 0 Å². The van der Waals surface area contributed by atoms with Crippen LogP contribution in [0, 0.1) is 5.82 Å². The third kappa shape index (κ3) is 4.60. The van der Waals surface area contributed by atoms with Crippen molar-refractivity contribution in [2.24, 2.45) is 7.05 Å². The van der Waals surface area contributed by atoms with Gasteiger partial charge in [-0.25, -0.2) is 14.4 Å². The van der Waals surface area contributed by atoms with Crippen LogP contribution in [0.3, 0.4) is 0 Å². The van der Waals surface area contributed by atoms with Crippen molar-refractivity contribution < 1.29 is 13.9 Å². The smallest absolute Gasteiger partial charge is 0.193 e. The number of methoxy groups -OCH3 is 1. The van der Waals surface area contributed by atoms with Gasteiger partial charge in [-0.1, -0.05) is 13.8 Å². The van der Waals surface area contributed by atoms with E-state index in [1.807, 2.05) is 12.1 Å². The van der Waals surface area contributed by atoms with Crippen molar-refractivity contribution in [2.75, 3.05) is 45.0 Å². The van der Waals surface area contributed by atoms with Crippen LogP contribution in [-0.2, 0) is 11.8 Å². The molecule has 5 rings (SSSR count). The highest BCUT2D eigenvalue weighted by atomic mass is 19.1. The van der Waals surface area contributed by atoms with Gasteiger partial charge in [0.05, 0.1) is 11.1 Å². The first kappa shape index (κ1) is 24.4. The fourth-order valence-electron chi connectivity index (χ4n) is 5.23. The molecule has 4 aromatic rings. The predicted octanol–water partition coefficient (Wildman–Crippen LogP) is 4.62. The topological polar surface area (TPSA) is 68.5 Å². The maximum Gasteiger partial charge on any atom is 0.193 e. The summed E-state index contributed by atoms with van der Waals surface area (Å²) in [4.78, 5) is 14.4. The Morgan fingerprint density at radius 1 is 1.11 bits per heavy atom. The van der Waals surface area contributed by atoms with Gasteiger partial charge in [0.25, 0.3) is 0 Å². The quantitative estimate of drug-likeness (QED) is 0.333. The zero-order valence-corrected chi connectivity index (χ0v) is 21.4. The molecule has 3 heterocycles. The van der Waals surface area contributed by atoms with E-state index >= 15 is 4.39 Å². The summed E-state index contributed by atoms with van der Waals surface area (Å²) in [7, 11) is 3.25. The van der Waals surface area contributed by atoms with E-state index in [0.717, 1.165) is 37.1 Å². The fourth-order valence-corrected chi connectivity index (χ4v) is 5.23. The van der Waals surface area contributed by atoms with Gasteiger partial charge in [0.15, 0.2) is 24.2 Å². The van der Waals surface area contributed by atoms with E-state index in [1.165, 1.54) is 25.6 Å². The van der Waals surface area contributed by atoms with Crippen molar-refractivity contribution in [2.45, 2.75) is 32.7 Å². The molecule has 2 aromatic carbocycles. The van der Waals surface area contributed by atoms with Crippen molar-refractivity contribution in [3.63, 3.8) is 0 Å². The average Bonchev–Trinajstić information content (AvgIpc) is 3.29. The Bertz CT molecular complexity index is 1360. The second kappa shape index (κ2) is 10.4. The first-order chi connectivity index (χ1) is 17.5. The van der Waals surface area contributed by atoms with Gasteiger partial charge in [-0.05, 0) is 50.2 Å². The Labute approximate surface area is 210 Å². The van der Waals surface area contributed by atoms with Gasteiger partial charge in [-0.3, -0.25) is 4.68 Å². The zero-order valence-electron chi connectivity index (χ0n) is 21.4. The number of halogens is 1. The van der Waals surface area contributed by atoms with E-state index in [0.29, 0.717) is 22.8 Å². The first-order valence-corrected chi connectivity index (χ1v) is 12.6. The van der Waals surface area contributed by atoms with Gasteiger partial charge in [0.2, 0.25) is 0 Å². The minimum absolute atomic E-state index is 0.0371. The number of ether oxygens (including phenoxy) is 2. The van der Waals surface area contributed by atoms with Gasteiger partial charge in [0.1, 0.15) is 5.52 Å². The Morgan fingerprint density at radius 2 is 1.89 bits per heavy atom. The first-order valence-electron chi connectivity index (χ1n) is 12.6. The lowest BCUT2D eigenvalue weighted by Gasteiger charge is -2.38. The number of fused-ring (bicyclic) bond motifs is 2. The summed E-state index contributed by atoms with van der Waals surface area (Å²) in [6.07, 6.45) is 5.90. The molecule has 9 heteroatoms. The minimum Gasteiger partial charge on any atom is -0.464 e. The summed E-state index contributed by atoms with van der Waals surface area (Å²) in [6.45, 7) is 8.67. The maximum absolute atomic E-state index is 15.3. The molecule has 1 aliphatic heterocycles. The van der Waals surface area contributed by atoms with Crippen molar-refractivity contribution in [3.8, 4) is 17.1 Å². The number of rotatable bonds is 8. The second-order valence-corrected chi connectivity index (χ2v) is 9.23. The molecule has 8 nitrogen and oxygen atoms in total. The molecule has 36 heavy (non-hydrogen) atoms. The average molecular weight is 493 g/mol. The predicted molar refractivity (Wildman–Crippen MR) is 140 cm³/mol. The van der Waals surface area contributed by atoms with Crippen LogP contribution in [-0.4, -0.2) is 70.8 Å². The molecule has 0 saturated carbocycles. The SMILES string of the molecule is CCN(CC)C1CCN(c2ccc3nc(-c4cc5cn(C)nc5c(F)c4OCOC)ncc3c2)CC1. The molecule has 1 saturated heterocycles. The van der Waals surface area contributed by atoms with E-state index in [1.54, 1.807) is 24.1 Å². The molecule has 0 radical (unpaired) electrons. The van der Waals surface area contributed by atoms with Crippen LogP contribution < -0.4 is 9.64 Å². The molecule has 0 N–H and O–H groups in total. The van der Waals surface area contributed by atoms with Gasteiger partial charge in [-0.2, -0.15) is 5.10 Å². The standard InChI is InChI=1S/C27H33FN6O2/c1-5-33(6-2)20-9-11-34(12-10-20)21-7-8-23-18(13-21)15-29-27(30-23)22-14-19-16-32(3)31-25(19)24(28)26(22)36-17-35-4/h7-8,13-16,20H,5-6,9-12,17H2,1-4H3. The van der Waals surface area contributed by atoms with Crippen molar-refractivity contribution in [3.05, 3.63) is 42.5 Å². The summed E-state index contributed by atoms with van der Waals surface area (Å²) in [6, 6.07) is 8.75. The van der Waals surface area contributed by atoms with Crippen LogP contribution in [0.1, 0.15) is 26.7 Å². The fraction of sp³-hybridized carbons (Fsp3) is 0.444.